The van der Waals surface area contributed by atoms with E-state index < -0.39 is 6.03 Å². The molecule has 1 aromatic heterocycles. The van der Waals surface area contributed by atoms with Crippen LogP contribution >= 0.6 is 23.7 Å². The average Bonchev–Trinajstić information content (AvgIpc) is 2.76. The Kier molecular flexibility index (Phi) is 4.98. The molecule has 6 nitrogen and oxygen atoms in total. The number of anilines is 1. The lowest BCUT2D eigenvalue weighted by Crippen LogP contribution is -2.40. The normalized spacial score (nSPS) is 19.9. The van der Waals surface area contributed by atoms with E-state index >= 15 is 0 Å². The van der Waals surface area contributed by atoms with Gasteiger partial charge in [-0.15, -0.1) is 23.7 Å². The first-order chi connectivity index (χ1) is 7.63. The molecule has 0 aromatic carbocycles. The molecule has 1 aromatic rings. The number of hydrogen-bond acceptors (Lipinski definition) is 5. The maximum atomic E-state index is 10.7. The molecule has 2 amide bonds. The smallest absolute Gasteiger partial charge is 0.312 e. The van der Waals surface area contributed by atoms with E-state index in [1.54, 1.807) is 6.20 Å². The van der Waals surface area contributed by atoms with Crippen LogP contribution in [0.15, 0.2) is 6.20 Å². The second-order valence-corrected chi connectivity index (χ2v) is 5.04. The highest BCUT2D eigenvalue weighted by Crippen LogP contribution is 2.19. The van der Waals surface area contributed by atoms with Gasteiger partial charge in [0.1, 0.15) is 0 Å². The van der Waals surface area contributed by atoms with Crippen LogP contribution in [-0.2, 0) is 6.54 Å². The molecule has 1 fully saturated rings. The zero-order valence-electron chi connectivity index (χ0n) is 9.26. The molecule has 1 aliphatic heterocycles. The zero-order valence-corrected chi connectivity index (χ0v) is 10.9. The van der Waals surface area contributed by atoms with Gasteiger partial charge in [0.15, 0.2) is 5.13 Å². The Morgan fingerprint density at radius 2 is 2.47 bits per heavy atom. The van der Waals surface area contributed by atoms with Crippen molar-refractivity contribution in [2.24, 2.45) is 5.73 Å². The standard InChI is InChI=1S/C9H15N5OS.ClH/c10-8(15)13-6-1-2-14(4-6)5-7-3-12-9(11)16-7;/h3,6H,1-2,4-5H2,(H2,11,12)(H3,10,13,15);1H. The number of carbonyl (C=O) groups is 1. The molecule has 0 spiro atoms. The van der Waals surface area contributed by atoms with E-state index in [0.29, 0.717) is 5.13 Å². The van der Waals surface area contributed by atoms with E-state index in [0.717, 1.165) is 30.9 Å². The summed E-state index contributed by atoms with van der Waals surface area (Å²) in [6.07, 6.45) is 2.74. The molecule has 1 saturated heterocycles. The fourth-order valence-corrected chi connectivity index (χ4v) is 2.64. The summed E-state index contributed by atoms with van der Waals surface area (Å²) in [5.74, 6) is 0. The van der Waals surface area contributed by atoms with Crippen molar-refractivity contribution in [3.8, 4) is 0 Å². The van der Waals surface area contributed by atoms with Crippen molar-refractivity contribution in [2.75, 3.05) is 18.8 Å². The van der Waals surface area contributed by atoms with Crippen LogP contribution in [0.25, 0.3) is 0 Å². The summed E-state index contributed by atoms with van der Waals surface area (Å²) >= 11 is 1.50. The number of aromatic nitrogens is 1. The van der Waals surface area contributed by atoms with E-state index in [4.69, 9.17) is 11.5 Å². The number of hydrogen-bond donors (Lipinski definition) is 3. The third-order valence-electron chi connectivity index (χ3n) is 2.57. The van der Waals surface area contributed by atoms with Crippen LogP contribution in [0.2, 0.25) is 0 Å². The quantitative estimate of drug-likeness (QED) is 0.744. The van der Waals surface area contributed by atoms with Crippen molar-refractivity contribution in [1.29, 1.82) is 0 Å². The largest absolute Gasteiger partial charge is 0.375 e. The van der Waals surface area contributed by atoms with Gasteiger partial charge in [-0.2, -0.15) is 0 Å². The molecule has 17 heavy (non-hydrogen) atoms. The van der Waals surface area contributed by atoms with Gasteiger partial charge in [-0.3, -0.25) is 4.90 Å². The molecule has 5 N–H and O–H groups in total. The average molecular weight is 278 g/mol. The first kappa shape index (κ1) is 14.0. The lowest BCUT2D eigenvalue weighted by atomic mass is 10.3. The van der Waals surface area contributed by atoms with Gasteiger partial charge in [-0.25, -0.2) is 9.78 Å². The van der Waals surface area contributed by atoms with E-state index in [1.807, 2.05) is 0 Å². The van der Waals surface area contributed by atoms with E-state index in [2.05, 4.69) is 15.2 Å². The second kappa shape index (κ2) is 6.04. The van der Waals surface area contributed by atoms with Crippen LogP contribution in [0.1, 0.15) is 11.3 Å². The van der Waals surface area contributed by atoms with Crippen LogP contribution in [0.4, 0.5) is 9.93 Å². The van der Waals surface area contributed by atoms with Crippen molar-refractivity contribution in [3.05, 3.63) is 11.1 Å². The van der Waals surface area contributed by atoms with Crippen molar-refractivity contribution in [1.82, 2.24) is 15.2 Å². The highest BCUT2D eigenvalue weighted by molar-refractivity contribution is 7.15. The number of halogens is 1. The number of nitrogens with zero attached hydrogens (tertiary/aromatic N) is 2. The van der Waals surface area contributed by atoms with Gasteiger partial charge in [-0.05, 0) is 6.42 Å². The Morgan fingerprint density at radius 1 is 1.71 bits per heavy atom. The van der Waals surface area contributed by atoms with Gasteiger partial charge in [0.2, 0.25) is 0 Å². The summed E-state index contributed by atoms with van der Waals surface area (Å²) in [7, 11) is 0. The van der Waals surface area contributed by atoms with E-state index in [-0.39, 0.29) is 18.4 Å². The van der Waals surface area contributed by atoms with Crippen LogP contribution in [0, 0.1) is 0 Å². The number of primary amides is 1. The Bertz CT molecular complexity index is 385. The van der Waals surface area contributed by atoms with Gasteiger partial charge >= 0.3 is 6.03 Å². The number of urea groups is 1. The molecule has 96 valence electrons. The summed E-state index contributed by atoms with van der Waals surface area (Å²) in [5.41, 5.74) is 10.6. The fourth-order valence-electron chi connectivity index (χ4n) is 1.91. The second-order valence-electron chi connectivity index (χ2n) is 3.89. The van der Waals surface area contributed by atoms with Crippen LogP contribution in [0.3, 0.4) is 0 Å². The first-order valence-corrected chi connectivity index (χ1v) is 5.93. The van der Waals surface area contributed by atoms with Gasteiger partial charge in [0.05, 0.1) is 0 Å². The van der Waals surface area contributed by atoms with Crippen molar-refractivity contribution >= 4 is 34.9 Å². The number of nitrogens with two attached hydrogens (primary N) is 2. The molecule has 0 aliphatic carbocycles. The Hall–Kier alpha value is -1.05. The Morgan fingerprint density at radius 3 is 3.06 bits per heavy atom. The van der Waals surface area contributed by atoms with Gasteiger partial charge in [-0.1, -0.05) is 0 Å². The van der Waals surface area contributed by atoms with Crippen LogP contribution in [0.5, 0.6) is 0 Å². The molecule has 1 aliphatic rings. The maximum Gasteiger partial charge on any atom is 0.312 e. The zero-order chi connectivity index (χ0) is 11.5. The van der Waals surface area contributed by atoms with E-state index in [1.165, 1.54) is 11.3 Å². The molecule has 1 atom stereocenters. The summed E-state index contributed by atoms with van der Waals surface area (Å²) < 4.78 is 0. The van der Waals surface area contributed by atoms with Crippen LogP contribution < -0.4 is 16.8 Å². The number of amides is 2. The Labute approximate surface area is 110 Å². The predicted molar refractivity (Wildman–Crippen MR) is 70.2 cm³/mol. The third kappa shape index (κ3) is 4.03. The molecule has 8 heteroatoms. The number of thiazole rings is 1. The minimum Gasteiger partial charge on any atom is -0.375 e. The molecule has 0 saturated carbocycles. The molecular formula is C9H16ClN5OS. The molecule has 1 unspecified atom stereocenters. The minimum absolute atomic E-state index is 0. The monoisotopic (exact) mass is 277 g/mol. The summed E-state index contributed by atoms with van der Waals surface area (Å²) in [6.45, 7) is 2.63. The molecule has 0 bridgehead atoms. The summed E-state index contributed by atoms with van der Waals surface area (Å²) in [6, 6.07) is -0.281. The highest BCUT2D eigenvalue weighted by atomic mass is 35.5. The lowest BCUT2D eigenvalue weighted by Gasteiger charge is -2.14. The molecule has 2 heterocycles. The summed E-state index contributed by atoms with van der Waals surface area (Å²) in [4.78, 5) is 18.1. The maximum absolute atomic E-state index is 10.7. The predicted octanol–water partition coefficient (Wildman–Crippen LogP) is 0.390. The Balaban J connectivity index is 0.00000144. The highest BCUT2D eigenvalue weighted by Gasteiger charge is 2.23. The first-order valence-electron chi connectivity index (χ1n) is 5.12. The summed E-state index contributed by atoms with van der Waals surface area (Å²) in [5, 5.41) is 3.32. The van der Waals surface area contributed by atoms with Crippen molar-refractivity contribution in [2.45, 2.75) is 19.0 Å². The fraction of sp³-hybridized carbons (Fsp3) is 0.556. The topological polar surface area (TPSA) is 97.3 Å². The van der Waals surface area contributed by atoms with Crippen LogP contribution in [-0.4, -0.2) is 35.0 Å². The van der Waals surface area contributed by atoms with Gasteiger partial charge in [0, 0.05) is 36.8 Å². The molecule has 0 radical (unpaired) electrons. The van der Waals surface area contributed by atoms with Gasteiger partial charge < -0.3 is 16.8 Å². The number of rotatable bonds is 3. The lowest BCUT2D eigenvalue weighted by molar-refractivity contribution is 0.244. The van der Waals surface area contributed by atoms with Crippen molar-refractivity contribution in [3.63, 3.8) is 0 Å². The SMILES string of the molecule is Cl.NC(=O)NC1CCN(Cc2cnc(N)s2)C1. The third-order valence-corrected chi connectivity index (χ3v) is 3.38. The van der Waals surface area contributed by atoms with Gasteiger partial charge in [0.25, 0.3) is 0 Å². The minimum atomic E-state index is -0.450. The molecular weight excluding hydrogens is 262 g/mol. The molecule has 2 rings (SSSR count). The van der Waals surface area contributed by atoms with Crippen molar-refractivity contribution < 1.29 is 4.79 Å². The number of carbonyl (C=O) groups excluding carboxylic acids is 1. The number of nitrogens with one attached hydrogen (secondary N) is 1. The van der Waals surface area contributed by atoms with E-state index in [9.17, 15) is 4.79 Å². The number of nitrogen functional groups attached to an aromatic ring is 1. The number of likely N-dealkylation sites (tertiary alicyclic amines) is 1.